The predicted molar refractivity (Wildman–Crippen MR) is 53.6 cm³/mol. The maximum Gasteiger partial charge on any atom is 0.137 e. The highest BCUT2D eigenvalue weighted by Gasteiger charge is 1.97. The van der Waals surface area contributed by atoms with Crippen molar-refractivity contribution in [2.45, 2.75) is 0 Å². The van der Waals surface area contributed by atoms with Crippen LogP contribution in [0.1, 0.15) is 0 Å². The van der Waals surface area contributed by atoms with Crippen LogP contribution in [-0.2, 0) is 0 Å². The van der Waals surface area contributed by atoms with Crippen molar-refractivity contribution in [3.05, 3.63) is 42.6 Å². The van der Waals surface area contributed by atoms with Crippen molar-refractivity contribution in [2.24, 2.45) is 0 Å². The van der Waals surface area contributed by atoms with Crippen molar-refractivity contribution in [2.75, 3.05) is 0 Å². The number of hydrogen-bond donors (Lipinski definition) is 1. The van der Waals surface area contributed by atoms with Crippen molar-refractivity contribution in [1.82, 2.24) is 9.97 Å². The molecule has 0 unspecified atom stereocenters. The van der Waals surface area contributed by atoms with E-state index in [2.05, 4.69) is 22.1 Å². The van der Waals surface area contributed by atoms with E-state index in [-0.39, 0.29) is 0 Å². The summed E-state index contributed by atoms with van der Waals surface area (Å²) < 4.78 is 0. The Morgan fingerprint density at radius 3 is 2.92 bits per heavy atom. The van der Waals surface area contributed by atoms with Crippen LogP contribution in [0, 0.1) is 0 Å². The van der Waals surface area contributed by atoms with Crippen LogP contribution in [0.5, 0.6) is 0 Å². The summed E-state index contributed by atoms with van der Waals surface area (Å²) in [7, 11) is 0. The number of H-pyrrole nitrogens is 1. The fraction of sp³-hybridized carbons (Fsp3) is 0. The number of fused-ring (bicyclic) bond motifs is 2. The Morgan fingerprint density at radius 1 is 1.00 bits per heavy atom. The lowest BCUT2D eigenvalue weighted by Crippen LogP contribution is -1.79. The lowest BCUT2D eigenvalue weighted by Gasteiger charge is -1.95. The van der Waals surface area contributed by atoms with Gasteiger partial charge in [-0.3, -0.25) is 0 Å². The number of aromatic nitrogens is 2. The molecule has 0 aliphatic heterocycles. The van der Waals surface area contributed by atoms with Crippen molar-refractivity contribution in [1.29, 1.82) is 0 Å². The zero-order chi connectivity index (χ0) is 8.67. The van der Waals surface area contributed by atoms with Crippen molar-refractivity contribution in [3.8, 4) is 0 Å². The molecule has 1 N–H and O–H groups in total. The Morgan fingerprint density at radius 2 is 1.92 bits per heavy atom. The Labute approximate surface area is 75.2 Å². The molecule has 3 rings (SSSR count). The lowest BCUT2D eigenvalue weighted by atomic mass is 10.2. The molecule has 0 fully saturated rings. The minimum atomic E-state index is 0.957. The molecule has 0 atom stereocenters. The molecule has 2 aromatic heterocycles. The smallest absolute Gasteiger partial charge is 0.137 e. The molecule has 2 heterocycles. The minimum absolute atomic E-state index is 0.957. The van der Waals surface area contributed by atoms with Crippen molar-refractivity contribution < 1.29 is 0 Å². The van der Waals surface area contributed by atoms with Crippen molar-refractivity contribution >= 4 is 21.9 Å². The first-order valence-electron chi connectivity index (χ1n) is 4.26. The van der Waals surface area contributed by atoms with Gasteiger partial charge in [-0.2, -0.15) is 0 Å². The van der Waals surface area contributed by atoms with Crippen LogP contribution in [0.15, 0.2) is 42.6 Å². The van der Waals surface area contributed by atoms with Crippen LogP contribution in [0.3, 0.4) is 0 Å². The van der Waals surface area contributed by atoms with Crippen LogP contribution in [0.4, 0.5) is 0 Å². The van der Waals surface area contributed by atoms with Crippen LogP contribution in [0.2, 0.25) is 0 Å². The number of para-hydroxylation sites is 1. The normalized spacial score (nSPS) is 11.1. The predicted octanol–water partition coefficient (Wildman–Crippen LogP) is 2.72. The highest BCUT2D eigenvalue weighted by atomic mass is 14.8. The number of rotatable bonds is 0. The van der Waals surface area contributed by atoms with Gasteiger partial charge in [0.05, 0.1) is 5.52 Å². The zero-order valence-electron chi connectivity index (χ0n) is 6.99. The quantitative estimate of drug-likeness (QED) is 0.549. The first kappa shape index (κ1) is 6.66. The summed E-state index contributed by atoms with van der Waals surface area (Å²) in [4.78, 5) is 7.58. The molecular formula is C11H8N2. The summed E-state index contributed by atoms with van der Waals surface area (Å²) in [5.74, 6) is 0. The molecular weight excluding hydrogens is 160 g/mol. The lowest BCUT2D eigenvalue weighted by molar-refractivity contribution is 1.37. The number of pyridine rings is 1. The topological polar surface area (TPSA) is 28.7 Å². The van der Waals surface area contributed by atoms with E-state index in [0.717, 1.165) is 11.2 Å². The zero-order valence-corrected chi connectivity index (χ0v) is 6.99. The number of aromatic amines is 1. The van der Waals surface area contributed by atoms with Crippen LogP contribution in [0.25, 0.3) is 21.9 Å². The molecule has 0 radical (unpaired) electrons. The largest absolute Gasteiger partial charge is 0.346 e. The van der Waals surface area contributed by atoms with Gasteiger partial charge < -0.3 is 4.98 Å². The first-order chi connectivity index (χ1) is 6.43. The summed E-state index contributed by atoms with van der Waals surface area (Å²) in [6.07, 6.45) is 1.91. The molecule has 62 valence electrons. The highest BCUT2D eigenvalue weighted by Crippen LogP contribution is 2.17. The number of hydrogen-bond acceptors (Lipinski definition) is 1. The Kier molecular flexibility index (Phi) is 1.19. The third-order valence-corrected chi connectivity index (χ3v) is 2.24. The van der Waals surface area contributed by atoms with Crippen LogP contribution < -0.4 is 0 Å². The third-order valence-electron chi connectivity index (χ3n) is 2.24. The molecule has 0 saturated heterocycles. The van der Waals surface area contributed by atoms with E-state index in [0.29, 0.717) is 0 Å². The second-order valence-corrected chi connectivity index (χ2v) is 3.10. The average Bonchev–Trinajstić information content (AvgIpc) is 2.61. The van der Waals surface area contributed by atoms with Gasteiger partial charge in [0, 0.05) is 17.0 Å². The molecule has 0 amide bonds. The Balaban J connectivity index is 2.57. The van der Waals surface area contributed by atoms with Gasteiger partial charge in [0.25, 0.3) is 0 Å². The molecule has 13 heavy (non-hydrogen) atoms. The third kappa shape index (κ3) is 0.920. The standard InChI is InChI=1S/C11H8N2/c1-2-4-10-8(3-1)7-9-5-6-12-11(9)13-10/h1-7H,(H,12,13). The van der Waals surface area contributed by atoms with Crippen LogP contribution >= 0.6 is 0 Å². The fourth-order valence-electron chi connectivity index (χ4n) is 1.59. The van der Waals surface area contributed by atoms with Gasteiger partial charge in [-0.1, -0.05) is 18.2 Å². The van der Waals surface area contributed by atoms with E-state index in [1.807, 2.05) is 30.5 Å². The van der Waals surface area contributed by atoms with Gasteiger partial charge in [0.2, 0.25) is 0 Å². The van der Waals surface area contributed by atoms with Gasteiger partial charge in [0.15, 0.2) is 0 Å². The second kappa shape index (κ2) is 2.33. The van der Waals surface area contributed by atoms with E-state index in [4.69, 9.17) is 0 Å². The molecule has 2 nitrogen and oxygen atoms in total. The fourth-order valence-corrected chi connectivity index (χ4v) is 1.59. The van der Waals surface area contributed by atoms with E-state index in [1.165, 1.54) is 10.8 Å². The maximum absolute atomic E-state index is 4.48. The van der Waals surface area contributed by atoms with E-state index in [9.17, 15) is 0 Å². The van der Waals surface area contributed by atoms with E-state index >= 15 is 0 Å². The monoisotopic (exact) mass is 168 g/mol. The summed E-state index contributed by atoms with van der Waals surface area (Å²) in [6.45, 7) is 0. The highest BCUT2D eigenvalue weighted by molar-refractivity contribution is 5.91. The number of benzene rings is 1. The van der Waals surface area contributed by atoms with Gasteiger partial charge >= 0.3 is 0 Å². The molecule has 3 aromatic rings. The second-order valence-electron chi connectivity index (χ2n) is 3.10. The van der Waals surface area contributed by atoms with Gasteiger partial charge in [-0.15, -0.1) is 0 Å². The van der Waals surface area contributed by atoms with Crippen LogP contribution in [-0.4, -0.2) is 9.97 Å². The number of nitrogens with one attached hydrogen (secondary N) is 1. The van der Waals surface area contributed by atoms with Gasteiger partial charge in [-0.25, -0.2) is 4.98 Å². The summed E-state index contributed by atoms with van der Waals surface area (Å²) in [5.41, 5.74) is 2.00. The molecule has 0 aliphatic carbocycles. The summed E-state index contributed by atoms with van der Waals surface area (Å²) in [5, 5.41) is 2.35. The summed E-state index contributed by atoms with van der Waals surface area (Å²) >= 11 is 0. The molecule has 1 aromatic carbocycles. The molecule has 0 saturated carbocycles. The molecule has 0 spiro atoms. The molecule has 2 heteroatoms. The average molecular weight is 168 g/mol. The Hall–Kier alpha value is -1.83. The van der Waals surface area contributed by atoms with E-state index < -0.39 is 0 Å². The number of nitrogens with zero attached hydrogens (tertiary/aromatic N) is 1. The minimum Gasteiger partial charge on any atom is -0.346 e. The first-order valence-corrected chi connectivity index (χ1v) is 4.26. The van der Waals surface area contributed by atoms with Gasteiger partial charge in [-0.05, 0) is 18.2 Å². The van der Waals surface area contributed by atoms with E-state index in [1.54, 1.807) is 0 Å². The Bertz CT molecular complexity index is 517. The van der Waals surface area contributed by atoms with Crippen molar-refractivity contribution in [3.63, 3.8) is 0 Å². The molecule has 0 bridgehead atoms. The summed E-state index contributed by atoms with van der Waals surface area (Å²) in [6, 6.07) is 12.3. The molecule has 0 aliphatic rings. The SMILES string of the molecule is c1ccc2nc3[nH]ccc3cc2c1. The van der Waals surface area contributed by atoms with Gasteiger partial charge in [0.1, 0.15) is 5.65 Å². The maximum atomic E-state index is 4.48.